The number of hydrogen-bond donors (Lipinski definition) is 2. The summed E-state index contributed by atoms with van der Waals surface area (Å²) in [4.78, 5) is 10.7. The molecule has 0 spiro atoms. The highest BCUT2D eigenvalue weighted by atomic mass is 16.1. The number of aryl methyl sites for hydroxylation is 1. The number of fused-ring (bicyclic) bond motifs is 1. The molecule has 1 atom stereocenters. The monoisotopic (exact) mass is 230 g/mol. The zero-order chi connectivity index (χ0) is 12.3. The summed E-state index contributed by atoms with van der Waals surface area (Å²) in [6, 6.07) is 6.82. The highest BCUT2D eigenvalue weighted by Crippen LogP contribution is 2.31. The molecule has 2 rings (SSSR count). The largest absolute Gasteiger partial charge is 0.366 e. The molecule has 1 amide bonds. The Labute approximate surface area is 102 Å². The first kappa shape index (κ1) is 11.9. The molecule has 90 valence electrons. The molecule has 0 radical (unpaired) electrons. The lowest BCUT2D eigenvalue weighted by atomic mass is 10.0. The molecule has 1 aliphatic carbocycles. The summed E-state index contributed by atoms with van der Waals surface area (Å²) in [6.45, 7) is 3.12. The molecule has 17 heavy (non-hydrogen) atoms. The summed E-state index contributed by atoms with van der Waals surface area (Å²) < 4.78 is 0. The minimum atomic E-state index is -0.406. The number of amides is 1. The Balaban J connectivity index is 2.19. The smallest absolute Gasteiger partial charge is 0.241 e. The van der Waals surface area contributed by atoms with Crippen molar-refractivity contribution >= 4 is 12.0 Å². The van der Waals surface area contributed by atoms with Gasteiger partial charge in [-0.1, -0.05) is 25.1 Å². The van der Waals surface area contributed by atoms with Crippen LogP contribution in [0.4, 0.5) is 0 Å². The van der Waals surface area contributed by atoms with Crippen molar-refractivity contribution in [2.24, 2.45) is 5.73 Å². The number of nitrogens with two attached hydrogens (primary N) is 1. The first-order valence-electron chi connectivity index (χ1n) is 6.04. The Bertz CT molecular complexity index is 452. The Morgan fingerprint density at radius 3 is 3.12 bits per heavy atom. The number of hydrogen-bond acceptors (Lipinski definition) is 2. The molecule has 1 unspecified atom stereocenters. The van der Waals surface area contributed by atoms with E-state index in [9.17, 15) is 4.79 Å². The minimum absolute atomic E-state index is 0.406. The molecule has 1 aromatic rings. The van der Waals surface area contributed by atoms with E-state index in [-0.39, 0.29) is 0 Å². The number of carbonyl (C=O) groups excluding carboxylic acids is 1. The highest BCUT2D eigenvalue weighted by molar-refractivity contribution is 5.90. The van der Waals surface area contributed by atoms with Crippen LogP contribution in [0.3, 0.4) is 0 Å². The van der Waals surface area contributed by atoms with Gasteiger partial charge in [0.05, 0.1) is 0 Å². The third kappa shape index (κ3) is 2.74. The van der Waals surface area contributed by atoms with Crippen LogP contribution in [-0.4, -0.2) is 12.5 Å². The van der Waals surface area contributed by atoms with Gasteiger partial charge in [-0.2, -0.15) is 0 Å². The number of primary amides is 1. The summed E-state index contributed by atoms with van der Waals surface area (Å²) in [7, 11) is 0. The molecule has 3 heteroatoms. The van der Waals surface area contributed by atoms with Crippen LogP contribution in [0.5, 0.6) is 0 Å². The molecule has 0 saturated heterocycles. The zero-order valence-corrected chi connectivity index (χ0v) is 10.1. The third-order valence-electron chi connectivity index (χ3n) is 3.14. The van der Waals surface area contributed by atoms with Crippen molar-refractivity contribution in [2.45, 2.75) is 25.8 Å². The maximum Gasteiger partial charge on any atom is 0.241 e. The fourth-order valence-corrected chi connectivity index (χ4v) is 2.38. The van der Waals surface area contributed by atoms with E-state index in [1.807, 2.05) is 6.07 Å². The van der Waals surface area contributed by atoms with Crippen LogP contribution >= 0.6 is 0 Å². The molecule has 3 nitrogen and oxygen atoms in total. The maximum absolute atomic E-state index is 10.7. The van der Waals surface area contributed by atoms with Crippen LogP contribution in [-0.2, 0) is 11.2 Å². The van der Waals surface area contributed by atoms with Gasteiger partial charge in [0.25, 0.3) is 0 Å². The van der Waals surface area contributed by atoms with Crippen LogP contribution in [0.25, 0.3) is 6.08 Å². The summed E-state index contributed by atoms with van der Waals surface area (Å²) in [5.74, 6) is -0.406. The molecule has 0 aliphatic heterocycles. The van der Waals surface area contributed by atoms with E-state index < -0.39 is 5.91 Å². The van der Waals surface area contributed by atoms with Crippen LogP contribution < -0.4 is 11.1 Å². The standard InChI is InChI=1S/C14H18N2O/c1-2-16-13-7-5-11-9-10(3-6-12(11)13)4-8-14(15)17/h3-4,6,8-9,13,16H,2,5,7H2,1H3,(H2,15,17)/b8-4+. The van der Waals surface area contributed by atoms with Crippen molar-refractivity contribution in [1.29, 1.82) is 0 Å². The molecule has 0 aromatic heterocycles. The van der Waals surface area contributed by atoms with E-state index in [1.54, 1.807) is 6.08 Å². The molecule has 0 saturated carbocycles. The molecule has 1 aromatic carbocycles. The van der Waals surface area contributed by atoms with Crippen molar-refractivity contribution in [3.8, 4) is 0 Å². The lowest BCUT2D eigenvalue weighted by Gasteiger charge is -2.12. The summed E-state index contributed by atoms with van der Waals surface area (Å²) in [5.41, 5.74) is 8.89. The van der Waals surface area contributed by atoms with Crippen molar-refractivity contribution in [3.63, 3.8) is 0 Å². The van der Waals surface area contributed by atoms with E-state index in [0.29, 0.717) is 6.04 Å². The lowest BCUT2D eigenvalue weighted by molar-refractivity contribution is -0.113. The van der Waals surface area contributed by atoms with Crippen molar-refractivity contribution in [3.05, 3.63) is 41.0 Å². The Morgan fingerprint density at radius 1 is 1.59 bits per heavy atom. The van der Waals surface area contributed by atoms with Gasteiger partial charge in [-0.3, -0.25) is 4.79 Å². The Kier molecular flexibility index (Phi) is 3.59. The number of carbonyl (C=O) groups is 1. The minimum Gasteiger partial charge on any atom is -0.366 e. The Hall–Kier alpha value is -1.61. The van der Waals surface area contributed by atoms with Crippen molar-refractivity contribution < 1.29 is 4.79 Å². The van der Waals surface area contributed by atoms with Crippen LogP contribution in [0, 0.1) is 0 Å². The SMILES string of the molecule is CCNC1CCc2cc(/C=C/C(N)=O)ccc21. The summed E-state index contributed by atoms with van der Waals surface area (Å²) in [6.07, 6.45) is 5.43. The van der Waals surface area contributed by atoms with Crippen molar-refractivity contribution in [2.75, 3.05) is 6.54 Å². The normalized spacial score (nSPS) is 18.5. The molecule has 3 N–H and O–H groups in total. The second kappa shape index (κ2) is 5.15. The second-order valence-electron chi connectivity index (χ2n) is 4.34. The van der Waals surface area contributed by atoms with Crippen LogP contribution in [0.2, 0.25) is 0 Å². The summed E-state index contributed by atoms with van der Waals surface area (Å²) in [5, 5.41) is 3.48. The topological polar surface area (TPSA) is 55.1 Å². The van der Waals surface area contributed by atoms with Gasteiger partial charge < -0.3 is 11.1 Å². The predicted octanol–water partition coefficient (Wildman–Crippen LogP) is 1.78. The van der Waals surface area contributed by atoms with Crippen LogP contribution in [0.1, 0.15) is 36.1 Å². The van der Waals surface area contributed by atoms with Gasteiger partial charge in [-0.25, -0.2) is 0 Å². The van der Waals surface area contributed by atoms with Gasteiger partial charge in [-0.15, -0.1) is 0 Å². The van der Waals surface area contributed by atoms with Gasteiger partial charge in [0.1, 0.15) is 0 Å². The number of rotatable bonds is 4. The number of nitrogens with one attached hydrogen (secondary N) is 1. The lowest BCUT2D eigenvalue weighted by Crippen LogP contribution is -2.18. The average Bonchev–Trinajstić information content (AvgIpc) is 2.70. The number of benzene rings is 1. The van der Waals surface area contributed by atoms with Gasteiger partial charge in [0.15, 0.2) is 0 Å². The van der Waals surface area contributed by atoms with E-state index in [4.69, 9.17) is 5.73 Å². The molecule has 0 bridgehead atoms. The predicted molar refractivity (Wildman–Crippen MR) is 69.4 cm³/mol. The van der Waals surface area contributed by atoms with Gasteiger partial charge in [-0.05, 0) is 42.2 Å². The second-order valence-corrected chi connectivity index (χ2v) is 4.34. The zero-order valence-electron chi connectivity index (χ0n) is 10.1. The van der Waals surface area contributed by atoms with Crippen molar-refractivity contribution in [1.82, 2.24) is 5.32 Å². The first-order valence-corrected chi connectivity index (χ1v) is 6.04. The van der Waals surface area contributed by atoms with E-state index in [2.05, 4.69) is 24.4 Å². The maximum atomic E-state index is 10.7. The molecular formula is C14H18N2O. The highest BCUT2D eigenvalue weighted by Gasteiger charge is 2.20. The van der Waals surface area contributed by atoms with E-state index in [0.717, 1.165) is 24.9 Å². The summed E-state index contributed by atoms with van der Waals surface area (Å²) >= 11 is 0. The van der Waals surface area contributed by atoms with Crippen LogP contribution in [0.15, 0.2) is 24.3 Å². The van der Waals surface area contributed by atoms with E-state index >= 15 is 0 Å². The fraction of sp³-hybridized carbons (Fsp3) is 0.357. The van der Waals surface area contributed by atoms with Gasteiger partial charge in [0, 0.05) is 12.1 Å². The third-order valence-corrected chi connectivity index (χ3v) is 3.14. The molecule has 0 heterocycles. The quantitative estimate of drug-likeness (QED) is 0.775. The molecule has 0 fully saturated rings. The average molecular weight is 230 g/mol. The Morgan fingerprint density at radius 2 is 2.41 bits per heavy atom. The molecular weight excluding hydrogens is 212 g/mol. The van der Waals surface area contributed by atoms with E-state index in [1.165, 1.54) is 17.2 Å². The fourth-order valence-electron chi connectivity index (χ4n) is 2.38. The first-order chi connectivity index (χ1) is 8.20. The van der Waals surface area contributed by atoms with Gasteiger partial charge >= 0.3 is 0 Å². The molecule has 1 aliphatic rings. The van der Waals surface area contributed by atoms with Gasteiger partial charge in [0.2, 0.25) is 5.91 Å².